The Kier molecular flexibility index (Phi) is 3.57. The molecule has 1 rings (SSSR count). The maximum absolute atomic E-state index is 8.89. The fourth-order valence-electron chi connectivity index (χ4n) is 1.14. The molecule has 1 aromatic carbocycles. The minimum Gasteiger partial charge on any atom is -0.495 e. The second-order valence-corrected chi connectivity index (χ2v) is 3.31. The van der Waals surface area contributed by atoms with Gasteiger partial charge in [-0.1, -0.05) is 11.6 Å². The summed E-state index contributed by atoms with van der Waals surface area (Å²) >= 11 is 5.91. The van der Waals surface area contributed by atoms with Crippen molar-refractivity contribution in [3.63, 3.8) is 0 Å². The summed E-state index contributed by atoms with van der Waals surface area (Å²) in [4.78, 5) is 0. The summed E-state index contributed by atoms with van der Waals surface area (Å²) in [7, 11) is 1.51. The molecule has 4 nitrogen and oxygen atoms in total. The Hall–Kier alpha value is -0.970. The van der Waals surface area contributed by atoms with Gasteiger partial charge < -0.3 is 21.3 Å². The molecule has 0 unspecified atom stereocenters. The molecule has 0 fully saturated rings. The lowest BCUT2D eigenvalue weighted by Gasteiger charge is -2.13. The number of hydrogen-bond acceptors (Lipinski definition) is 4. The van der Waals surface area contributed by atoms with E-state index in [0.717, 1.165) is 0 Å². The maximum Gasteiger partial charge on any atom is 0.142 e. The fraction of sp³-hybridized carbons (Fsp3) is 0.333. The van der Waals surface area contributed by atoms with Crippen LogP contribution in [0.2, 0.25) is 5.02 Å². The van der Waals surface area contributed by atoms with Gasteiger partial charge >= 0.3 is 0 Å². The molecule has 0 spiro atoms. The van der Waals surface area contributed by atoms with E-state index in [1.165, 1.54) is 7.11 Å². The summed E-state index contributed by atoms with van der Waals surface area (Å²) in [6.07, 6.45) is 0. The van der Waals surface area contributed by atoms with Crippen molar-refractivity contribution in [3.8, 4) is 5.75 Å². The third kappa shape index (κ3) is 2.09. The van der Waals surface area contributed by atoms with Crippen molar-refractivity contribution in [1.82, 2.24) is 0 Å². The highest BCUT2D eigenvalue weighted by atomic mass is 35.5. The monoisotopic (exact) mass is 216 g/mol. The van der Waals surface area contributed by atoms with E-state index in [-0.39, 0.29) is 6.61 Å². The highest BCUT2D eigenvalue weighted by Crippen LogP contribution is 2.31. The Morgan fingerprint density at radius 3 is 2.71 bits per heavy atom. The van der Waals surface area contributed by atoms with Crippen molar-refractivity contribution in [2.24, 2.45) is 5.73 Å². The summed E-state index contributed by atoms with van der Waals surface area (Å²) in [6, 6.07) is 2.68. The zero-order chi connectivity index (χ0) is 10.7. The van der Waals surface area contributed by atoms with Gasteiger partial charge in [0.1, 0.15) is 5.75 Å². The zero-order valence-electron chi connectivity index (χ0n) is 7.83. The molecular formula is C9H13ClN2O2. The van der Waals surface area contributed by atoms with E-state index in [2.05, 4.69) is 0 Å². The minimum absolute atomic E-state index is 0.174. The normalized spacial score (nSPS) is 12.6. The molecule has 1 aromatic rings. The number of benzene rings is 1. The number of halogens is 1. The molecule has 0 saturated carbocycles. The molecule has 0 amide bonds. The Balaban J connectivity index is 3.17. The first-order chi connectivity index (χ1) is 6.60. The average Bonchev–Trinajstić information content (AvgIpc) is 2.17. The van der Waals surface area contributed by atoms with Gasteiger partial charge in [-0.25, -0.2) is 0 Å². The predicted molar refractivity (Wildman–Crippen MR) is 56.4 cm³/mol. The number of methoxy groups -OCH3 is 1. The standard InChI is InChI=1S/C9H13ClN2O2/c1-14-9-2-5(8(12)4-13)6(10)3-7(9)11/h2-3,8,13H,4,11-12H2,1H3/t8-/m0/s1. The number of nitrogen functional groups attached to an aromatic ring is 1. The average molecular weight is 217 g/mol. The van der Waals surface area contributed by atoms with Crippen LogP contribution in [0.3, 0.4) is 0 Å². The molecule has 0 bridgehead atoms. The molecule has 0 heterocycles. The molecule has 0 radical (unpaired) electrons. The molecule has 5 N–H and O–H groups in total. The van der Waals surface area contributed by atoms with E-state index in [1.54, 1.807) is 12.1 Å². The first kappa shape index (κ1) is 11.1. The van der Waals surface area contributed by atoms with E-state index in [0.29, 0.717) is 22.0 Å². The van der Waals surface area contributed by atoms with Crippen molar-refractivity contribution in [3.05, 3.63) is 22.7 Å². The highest BCUT2D eigenvalue weighted by Gasteiger charge is 2.12. The minimum atomic E-state index is -0.517. The van der Waals surface area contributed by atoms with E-state index in [1.807, 2.05) is 0 Å². The molecule has 78 valence electrons. The quantitative estimate of drug-likeness (QED) is 0.657. The largest absolute Gasteiger partial charge is 0.495 e. The van der Waals surface area contributed by atoms with Crippen molar-refractivity contribution in [2.75, 3.05) is 19.5 Å². The topological polar surface area (TPSA) is 81.5 Å². The lowest BCUT2D eigenvalue weighted by molar-refractivity contribution is 0.268. The third-order valence-corrected chi connectivity index (χ3v) is 2.27. The van der Waals surface area contributed by atoms with E-state index in [4.69, 9.17) is 32.9 Å². The van der Waals surface area contributed by atoms with Crippen LogP contribution < -0.4 is 16.2 Å². The van der Waals surface area contributed by atoms with Gasteiger partial charge in [0.2, 0.25) is 0 Å². The number of rotatable bonds is 3. The lowest BCUT2D eigenvalue weighted by atomic mass is 10.1. The van der Waals surface area contributed by atoms with Crippen molar-refractivity contribution < 1.29 is 9.84 Å². The summed E-state index contributed by atoms with van der Waals surface area (Å²) < 4.78 is 5.01. The molecule has 0 aliphatic heterocycles. The van der Waals surface area contributed by atoms with Crippen LogP contribution in [0.25, 0.3) is 0 Å². The molecule has 0 saturated heterocycles. The number of ether oxygens (including phenoxy) is 1. The first-order valence-corrected chi connectivity index (χ1v) is 4.47. The van der Waals surface area contributed by atoms with Crippen LogP contribution >= 0.6 is 11.6 Å². The van der Waals surface area contributed by atoms with Crippen LogP contribution in [0.15, 0.2) is 12.1 Å². The summed E-state index contributed by atoms with van der Waals surface area (Å²) in [6.45, 7) is -0.174. The smallest absolute Gasteiger partial charge is 0.142 e. The van der Waals surface area contributed by atoms with Crippen LogP contribution in [0.5, 0.6) is 5.75 Å². The Morgan fingerprint density at radius 1 is 1.57 bits per heavy atom. The molecule has 0 aromatic heterocycles. The Morgan fingerprint density at radius 2 is 2.21 bits per heavy atom. The molecule has 0 aliphatic rings. The predicted octanol–water partition coefficient (Wildman–Crippen LogP) is 0.923. The molecular weight excluding hydrogens is 204 g/mol. The zero-order valence-corrected chi connectivity index (χ0v) is 8.58. The summed E-state index contributed by atoms with van der Waals surface area (Å²) in [5, 5.41) is 9.32. The van der Waals surface area contributed by atoms with Gasteiger partial charge in [-0.15, -0.1) is 0 Å². The number of aliphatic hydroxyl groups excluding tert-OH is 1. The van der Waals surface area contributed by atoms with E-state index in [9.17, 15) is 0 Å². The van der Waals surface area contributed by atoms with Crippen molar-refractivity contribution in [2.45, 2.75) is 6.04 Å². The molecule has 5 heteroatoms. The van der Waals surface area contributed by atoms with Gasteiger partial charge in [-0.05, 0) is 17.7 Å². The lowest BCUT2D eigenvalue weighted by Crippen LogP contribution is -2.15. The van der Waals surface area contributed by atoms with Crippen molar-refractivity contribution >= 4 is 17.3 Å². The van der Waals surface area contributed by atoms with Gasteiger partial charge in [-0.2, -0.15) is 0 Å². The van der Waals surface area contributed by atoms with E-state index < -0.39 is 6.04 Å². The summed E-state index contributed by atoms with van der Waals surface area (Å²) in [5.41, 5.74) is 12.3. The first-order valence-electron chi connectivity index (χ1n) is 4.09. The molecule has 1 atom stereocenters. The number of aliphatic hydroxyl groups is 1. The second kappa shape index (κ2) is 4.50. The van der Waals surface area contributed by atoms with Gasteiger partial charge in [0.25, 0.3) is 0 Å². The van der Waals surface area contributed by atoms with Gasteiger partial charge in [0.05, 0.1) is 25.4 Å². The third-order valence-electron chi connectivity index (χ3n) is 1.95. The van der Waals surface area contributed by atoms with Gasteiger partial charge in [0.15, 0.2) is 0 Å². The van der Waals surface area contributed by atoms with Crippen LogP contribution in [0.1, 0.15) is 11.6 Å². The van der Waals surface area contributed by atoms with Gasteiger partial charge in [-0.3, -0.25) is 0 Å². The van der Waals surface area contributed by atoms with Crippen molar-refractivity contribution in [1.29, 1.82) is 0 Å². The maximum atomic E-state index is 8.89. The summed E-state index contributed by atoms with van der Waals surface area (Å²) in [5.74, 6) is 0.508. The fourth-order valence-corrected chi connectivity index (χ4v) is 1.46. The van der Waals surface area contributed by atoms with Crippen LogP contribution in [-0.4, -0.2) is 18.8 Å². The number of hydrogen-bond donors (Lipinski definition) is 3. The number of anilines is 1. The molecule has 14 heavy (non-hydrogen) atoms. The molecule has 0 aliphatic carbocycles. The van der Waals surface area contributed by atoms with Crippen LogP contribution in [-0.2, 0) is 0 Å². The second-order valence-electron chi connectivity index (χ2n) is 2.90. The van der Waals surface area contributed by atoms with E-state index >= 15 is 0 Å². The van der Waals surface area contributed by atoms with Crippen LogP contribution in [0, 0.1) is 0 Å². The Bertz CT molecular complexity index is 331. The highest BCUT2D eigenvalue weighted by molar-refractivity contribution is 6.31. The van der Waals surface area contributed by atoms with Gasteiger partial charge in [0, 0.05) is 5.02 Å². The Labute approximate surface area is 87.4 Å². The number of nitrogens with two attached hydrogens (primary N) is 2. The SMILES string of the molecule is COc1cc([C@@H](N)CO)c(Cl)cc1N. The van der Waals surface area contributed by atoms with Crippen LogP contribution in [0.4, 0.5) is 5.69 Å².